The fourth-order valence-electron chi connectivity index (χ4n) is 4.40. The third-order valence-electron chi connectivity index (χ3n) is 6.12. The maximum absolute atomic E-state index is 14.0. The topological polar surface area (TPSA) is 71.0 Å². The molecular formula is C27H28FN3O3S. The number of carbonyl (C=O) groups is 2. The number of hydrogen-bond donors (Lipinski definition) is 1. The van der Waals surface area contributed by atoms with Crippen LogP contribution < -0.4 is 5.32 Å². The average molecular weight is 494 g/mol. The fourth-order valence-corrected chi connectivity index (χ4v) is 5.34. The summed E-state index contributed by atoms with van der Waals surface area (Å²) in [5.74, 6) is -1.04. The minimum Gasteiger partial charge on any atom is -0.466 e. The second-order valence-corrected chi connectivity index (χ2v) is 9.34. The van der Waals surface area contributed by atoms with E-state index >= 15 is 0 Å². The van der Waals surface area contributed by atoms with E-state index in [2.05, 4.69) is 11.4 Å². The summed E-state index contributed by atoms with van der Waals surface area (Å²) in [5.41, 5.74) is 5.41. The molecule has 2 aliphatic rings. The zero-order valence-electron chi connectivity index (χ0n) is 20.2. The molecular weight excluding hydrogens is 465 g/mol. The number of fused-ring (bicyclic) bond motifs is 1. The summed E-state index contributed by atoms with van der Waals surface area (Å²) in [6, 6.07) is 12.0. The lowest BCUT2D eigenvalue weighted by atomic mass is 9.89. The molecule has 0 spiro atoms. The van der Waals surface area contributed by atoms with E-state index in [0.29, 0.717) is 23.3 Å². The first-order valence-corrected chi connectivity index (χ1v) is 12.3. The van der Waals surface area contributed by atoms with Crippen LogP contribution in [-0.2, 0) is 20.9 Å². The zero-order valence-corrected chi connectivity index (χ0v) is 21.0. The molecule has 2 heterocycles. The van der Waals surface area contributed by atoms with Crippen LogP contribution >= 0.6 is 11.8 Å². The third-order valence-corrected chi connectivity index (χ3v) is 7.01. The first-order chi connectivity index (χ1) is 16.8. The van der Waals surface area contributed by atoms with Gasteiger partial charge < -0.3 is 15.0 Å². The van der Waals surface area contributed by atoms with Crippen molar-refractivity contribution in [1.82, 2.24) is 10.2 Å². The van der Waals surface area contributed by atoms with Crippen LogP contribution in [0, 0.1) is 19.7 Å². The number of nitrogens with zero attached hydrogens (tertiary/aromatic N) is 2. The number of thioether (sulfide) groups is 1. The predicted octanol–water partition coefficient (Wildman–Crippen LogP) is 5.29. The fraction of sp³-hybridized carbons (Fsp3) is 0.296. The van der Waals surface area contributed by atoms with Gasteiger partial charge in [-0.2, -0.15) is 0 Å². The minimum absolute atomic E-state index is 0.0673. The molecule has 0 bridgehead atoms. The number of allylic oxidation sites excluding steroid dienone is 1. The van der Waals surface area contributed by atoms with E-state index in [1.165, 1.54) is 24.9 Å². The van der Waals surface area contributed by atoms with Gasteiger partial charge in [0, 0.05) is 17.8 Å². The van der Waals surface area contributed by atoms with Gasteiger partial charge in [-0.3, -0.25) is 4.79 Å². The van der Waals surface area contributed by atoms with Gasteiger partial charge >= 0.3 is 5.97 Å². The van der Waals surface area contributed by atoms with Crippen LogP contribution in [0.2, 0.25) is 0 Å². The van der Waals surface area contributed by atoms with Gasteiger partial charge in [-0.25, -0.2) is 14.2 Å². The number of esters is 1. The molecule has 35 heavy (non-hydrogen) atoms. The van der Waals surface area contributed by atoms with Crippen molar-refractivity contribution in [3.8, 4) is 0 Å². The van der Waals surface area contributed by atoms with Crippen molar-refractivity contribution in [1.29, 1.82) is 0 Å². The Balaban J connectivity index is 1.66. The molecule has 2 aliphatic heterocycles. The molecule has 0 radical (unpaired) electrons. The van der Waals surface area contributed by atoms with Gasteiger partial charge in [-0.15, -0.1) is 0 Å². The number of ether oxygens (including phenoxy) is 1. The Morgan fingerprint density at radius 1 is 1.20 bits per heavy atom. The highest BCUT2D eigenvalue weighted by atomic mass is 32.2. The highest BCUT2D eigenvalue weighted by Gasteiger charge is 2.42. The van der Waals surface area contributed by atoms with Crippen LogP contribution in [0.25, 0.3) is 0 Å². The molecule has 0 fully saturated rings. The van der Waals surface area contributed by atoms with Crippen LogP contribution in [0.4, 0.5) is 4.39 Å². The molecule has 2 aromatic carbocycles. The lowest BCUT2D eigenvalue weighted by Gasteiger charge is -2.37. The number of rotatable bonds is 7. The molecule has 4 rings (SSSR count). The molecule has 0 saturated carbocycles. The van der Waals surface area contributed by atoms with Gasteiger partial charge in [0.2, 0.25) is 5.91 Å². The van der Waals surface area contributed by atoms with E-state index in [9.17, 15) is 14.0 Å². The first-order valence-electron chi connectivity index (χ1n) is 11.5. The van der Waals surface area contributed by atoms with Crippen LogP contribution in [0.1, 0.15) is 48.1 Å². The Morgan fingerprint density at radius 3 is 2.66 bits per heavy atom. The molecule has 0 saturated heterocycles. The van der Waals surface area contributed by atoms with E-state index in [4.69, 9.17) is 9.73 Å². The van der Waals surface area contributed by atoms with Gasteiger partial charge in [0.05, 0.1) is 30.8 Å². The SMILES string of the molecule is CCC1=C(C(=O)OC)[C@@H](c2ccc(C)cc2C)N2C(CC(=O)NCc3ccccc3F)=CSC2=N1. The molecule has 0 aromatic heterocycles. The highest BCUT2D eigenvalue weighted by molar-refractivity contribution is 8.16. The van der Waals surface area contributed by atoms with Crippen molar-refractivity contribution in [3.63, 3.8) is 0 Å². The molecule has 1 N–H and O–H groups in total. The molecule has 0 unspecified atom stereocenters. The summed E-state index contributed by atoms with van der Waals surface area (Å²) in [6.07, 6.45) is 0.639. The Morgan fingerprint density at radius 2 is 1.97 bits per heavy atom. The minimum atomic E-state index is -0.467. The number of benzene rings is 2. The zero-order chi connectivity index (χ0) is 25.1. The monoisotopic (exact) mass is 493 g/mol. The maximum atomic E-state index is 14.0. The normalized spacial score (nSPS) is 17.1. The molecule has 1 atom stereocenters. The average Bonchev–Trinajstić information content (AvgIpc) is 3.24. The molecule has 2 aromatic rings. The molecule has 6 nitrogen and oxygen atoms in total. The maximum Gasteiger partial charge on any atom is 0.338 e. The van der Waals surface area contributed by atoms with E-state index in [-0.39, 0.29) is 24.7 Å². The quantitative estimate of drug-likeness (QED) is 0.531. The van der Waals surface area contributed by atoms with Crippen molar-refractivity contribution in [2.24, 2.45) is 4.99 Å². The van der Waals surface area contributed by atoms with E-state index < -0.39 is 12.0 Å². The molecule has 1 amide bonds. The van der Waals surface area contributed by atoms with Gasteiger partial charge in [0.25, 0.3) is 0 Å². The lowest BCUT2D eigenvalue weighted by molar-refractivity contribution is -0.136. The highest BCUT2D eigenvalue weighted by Crippen LogP contribution is 2.46. The van der Waals surface area contributed by atoms with Gasteiger partial charge in [-0.05, 0) is 42.9 Å². The van der Waals surface area contributed by atoms with Gasteiger partial charge in [0.1, 0.15) is 5.82 Å². The van der Waals surface area contributed by atoms with Crippen molar-refractivity contribution in [2.75, 3.05) is 7.11 Å². The Hall–Kier alpha value is -3.39. The van der Waals surface area contributed by atoms with Crippen molar-refractivity contribution < 1.29 is 18.7 Å². The van der Waals surface area contributed by atoms with Crippen molar-refractivity contribution in [3.05, 3.63) is 92.9 Å². The Kier molecular flexibility index (Phi) is 7.40. The summed E-state index contributed by atoms with van der Waals surface area (Å²) in [7, 11) is 1.37. The second kappa shape index (κ2) is 10.5. The first kappa shape index (κ1) is 24.7. The second-order valence-electron chi connectivity index (χ2n) is 8.50. The number of nitrogens with one attached hydrogen (secondary N) is 1. The standard InChI is InChI=1S/C27H28FN3O3S/c1-5-22-24(26(33)34-4)25(20-11-10-16(2)12-17(20)3)31-19(15-35-27(31)30-22)13-23(32)29-14-18-8-6-7-9-21(18)28/h6-12,15,25H,5,13-14H2,1-4H3,(H,29,32)/t25-/m1/s1. The van der Waals surface area contributed by atoms with E-state index in [1.54, 1.807) is 18.2 Å². The van der Waals surface area contributed by atoms with Crippen molar-refractivity contribution >= 4 is 28.8 Å². The summed E-state index contributed by atoms with van der Waals surface area (Å²) < 4.78 is 19.1. The van der Waals surface area contributed by atoms with Crippen LogP contribution in [0.3, 0.4) is 0 Å². The number of aliphatic imine (C=N–C) groups is 1. The molecule has 8 heteroatoms. The van der Waals surface area contributed by atoms with Gasteiger partial charge in [-0.1, -0.05) is 60.6 Å². The number of amidine groups is 1. The Labute approximate surface area is 209 Å². The predicted molar refractivity (Wildman–Crippen MR) is 136 cm³/mol. The summed E-state index contributed by atoms with van der Waals surface area (Å²) in [6.45, 7) is 6.10. The van der Waals surface area contributed by atoms with Crippen LogP contribution in [0.5, 0.6) is 0 Å². The number of aryl methyl sites for hydroxylation is 2. The summed E-state index contributed by atoms with van der Waals surface area (Å²) in [5, 5.41) is 5.41. The smallest absolute Gasteiger partial charge is 0.338 e. The van der Waals surface area contributed by atoms with E-state index in [1.807, 2.05) is 43.2 Å². The third kappa shape index (κ3) is 5.03. The number of carbonyl (C=O) groups excluding carboxylic acids is 2. The van der Waals surface area contributed by atoms with Crippen molar-refractivity contribution in [2.45, 2.75) is 46.2 Å². The number of halogens is 1. The summed E-state index contributed by atoms with van der Waals surface area (Å²) >= 11 is 1.43. The Bertz CT molecular complexity index is 1270. The number of amides is 1. The largest absolute Gasteiger partial charge is 0.466 e. The molecule has 182 valence electrons. The van der Waals surface area contributed by atoms with Gasteiger partial charge in [0.15, 0.2) is 5.17 Å². The van der Waals surface area contributed by atoms with Crippen LogP contribution in [-0.4, -0.2) is 29.1 Å². The molecule has 0 aliphatic carbocycles. The summed E-state index contributed by atoms with van der Waals surface area (Å²) in [4.78, 5) is 32.5. The lowest BCUT2D eigenvalue weighted by Crippen LogP contribution is -2.38. The van der Waals surface area contributed by atoms with E-state index in [0.717, 1.165) is 27.6 Å². The number of methoxy groups -OCH3 is 1. The number of hydrogen-bond acceptors (Lipinski definition) is 6. The van der Waals surface area contributed by atoms with Crippen LogP contribution in [0.15, 0.2) is 69.8 Å².